The van der Waals surface area contributed by atoms with Gasteiger partial charge in [0, 0.05) is 0 Å². The van der Waals surface area contributed by atoms with Crippen molar-refractivity contribution in [3.63, 3.8) is 0 Å². The van der Waals surface area contributed by atoms with E-state index in [1.54, 1.807) is 6.21 Å². The van der Waals surface area contributed by atoms with Crippen molar-refractivity contribution in [3.05, 3.63) is 0 Å². The van der Waals surface area contributed by atoms with Gasteiger partial charge in [0.1, 0.15) is 49.8 Å². The van der Waals surface area contributed by atoms with Crippen molar-refractivity contribution in [2.24, 2.45) is 5.16 Å². The largest absolute Gasteiger partial charge is 0.415 e. The molecule has 1 rings (SSSR count). The highest BCUT2D eigenvalue weighted by Gasteiger charge is 2.55. The Balaban J connectivity index is 4.39. The van der Waals surface area contributed by atoms with Crippen molar-refractivity contribution in [2.45, 2.75) is 212 Å². The van der Waals surface area contributed by atoms with Gasteiger partial charge in [0.25, 0.3) is 0 Å². The van der Waals surface area contributed by atoms with Crippen molar-refractivity contribution in [2.75, 3.05) is 20.3 Å². The average molecular weight is 949 g/mol. The van der Waals surface area contributed by atoms with Crippen LogP contribution in [-0.4, -0.2) is 148 Å². The highest BCUT2D eigenvalue weighted by molar-refractivity contribution is 6.72. The predicted octanol–water partition coefficient (Wildman–Crippen LogP) is 9.75. The zero-order valence-electron chi connectivity index (χ0n) is 41.1. The Hall–Kier alpha value is 0.805. The topological polar surface area (TPSA) is 114 Å². The van der Waals surface area contributed by atoms with E-state index in [2.05, 4.69) is 162 Å². The third kappa shape index (κ3) is 24.9. The second-order valence-corrected chi connectivity index (χ2v) is 59.0. The van der Waals surface area contributed by atoms with Crippen LogP contribution >= 0.6 is 0 Å². The standard InChI is InChI=1S/C37H89NO11Si8/c1-39-38-26-29(44-52(8,9)10)33(46-54(14,15)16)32(31(45-53(11,12)13)28-41-51(5,6)7)43-37-36(49-57(23,24)25)35(48-56(20,21)22)34(47-55(17,18)19)30(42-37)27-40-50(2,3)4/h26,29-37H,27-28H2,1-25H3. The Labute approximate surface area is 358 Å². The monoisotopic (exact) mass is 947 g/mol. The first-order valence-corrected chi connectivity index (χ1v) is 48.2. The van der Waals surface area contributed by atoms with E-state index in [0.717, 1.165) is 0 Å². The van der Waals surface area contributed by atoms with Gasteiger partial charge in [-0.05, 0) is 157 Å². The van der Waals surface area contributed by atoms with E-state index in [1.807, 2.05) is 0 Å². The third-order valence-electron chi connectivity index (χ3n) is 7.52. The lowest BCUT2D eigenvalue weighted by Crippen LogP contribution is -2.68. The van der Waals surface area contributed by atoms with Gasteiger partial charge in [-0.2, -0.15) is 0 Å². The average Bonchev–Trinajstić information content (AvgIpc) is 2.92. The zero-order valence-corrected chi connectivity index (χ0v) is 49.1. The first-order chi connectivity index (χ1) is 25.2. The second-order valence-electron chi connectivity index (χ2n) is 23.2. The molecule has 0 aromatic carbocycles. The van der Waals surface area contributed by atoms with E-state index in [4.69, 9.17) is 49.7 Å². The van der Waals surface area contributed by atoms with Crippen LogP contribution in [0.25, 0.3) is 0 Å². The highest BCUT2D eigenvalue weighted by Crippen LogP contribution is 2.37. The van der Waals surface area contributed by atoms with Gasteiger partial charge in [0.2, 0.25) is 0 Å². The summed E-state index contributed by atoms with van der Waals surface area (Å²) < 4.78 is 71.0. The Morgan fingerprint density at radius 2 is 0.930 bits per heavy atom. The molecule has 1 fully saturated rings. The smallest absolute Gasteiger partial charge is 0.186 e. The van der Waals surface area contributed by atoms with E-state index in [9.17, 15) is 0 Å². The fourth-order valence-corrected chi connectivity index (χ4v) is 13.8. The van der Waals surface area contributed by atoms with Crippen LogP contribution in [0.3, 0.4) is 0 Å². The van der Waals surface area contributed by atoms with E-state index in [-0.39, 0.29) is 0 Å². The lowest BCUT2D eigenvalue weighted by Gasteiger charge is -2.52. The van der Waals surface area contributed by atoms with Gasteiger partial charge in [-0.25, -0.2) is 0 Å². The van der Waals surface area contributed by atoms with Crippen molar-refractivity contribution < 1.29 is 49.7 Å². The quantitative estimate of drug-likeness (QED) is 0.0495. The number of rotatable bonds is 25. The van der Waals surface area contributed by atoms with Crippen LogP contribution in [-0.2, 0) is 49.7 Å². The Morgan fingerprint density at radius 3 is 1.33 bits per heavy atom. The first-order valence-electron chi connectivity index (χ1n) is 20.9. The molecule has 0 bridgehead atoms. The third-order valence-corrected chi connectivity index (χ3v) is 15.5. The van der Waals surface area contributed by atoms with Crippen molar-refractivity contribution in [1.29, 1.82) is 0 Å². The van der Waals surface area contributed by atoms with Crippen LogP contribution in [0.5, 0.6) is 0 Å². The van der Waals surface area contributed by atoms with Crippen molar-refractivity contribution in [3.8, 4) is 0 Å². The number of hydrogen-bond acceptors (Lipinski definition) is 12. The van der Waals surface area contributed by atoms with Gasteiger partial charge in [-0.1, -0.05) is 5.16 Å². The maximum atomic E-state index is 7.58. The van der Waals surface area contributed by atoms with Gasteiger partial charge in [0.05, 0.1) is 25.5 Å². The minimum absolute atomic E-state index is 0.307. The summed E-state index contributed by atoms with van der Waals surface area (Å²) in [6, 6.07) is 0. The molecule has 0 amide bonds. The zero-order chi connectivity index (χ0) is 44.8. The van der Waals surface area contributed by atoms with Crippen LogP contribution in [0.2, 0.25) is 157 Å². The normalized spacial score (nSPS) is 24.8. The molecule has 9 unspecified atom stereocenters. The molecule has 1 saturated heterocycles. The minimum atomic E-state index is -2.31. The van der Waals surface area contributed by atoms with Gasteiger partial charge < -0.3 is 49.7 Å². The molecule has 1 aliphatic heterocycles. The molecule has 0 spiro atoms. The molecule has 9 atom stereocenters. The van der Waals surface area contributed by atoms with Crippen LogP contribution < -0.4 is 0 Å². The molecular formula is C37H89NO11Si8. The van der Waals surface area contributed by atoms with Gasteiger partial charge in [0.15, 0.2) is 72.8 Å². The SMILES string of the molecule is CON=CC(O[Si](C)(C)C)C(O[Si](C)(C)C)C(OC1OC(CO[Si](C)(C)C)C(O[Si](C)(C)C)C(O[Si](C)(C)C)C1O[Si](C)(C)C)C(CO[Si](C)(C)C)O[Si](C)(C)C. The summed E-state index contributed by atoms with van der Waals surface area (Å²) in [6.45, 7) is 53.2. The van der Waals surface area contributed by atoms with Crippen LogP contribution in [0, 0.1) is 0 Å². The van der Waals surface area contributed by atoms with E-state index >= 15 is 0 Å². The van der Waals surface area contributed by atoms with Crippen LogP contribution in [0.4, 0.5) is 0 Å². The number of nitrogens with zero attached hydrogens (tertiary/aromatic N) is 1. The van der Waals surface area contributed by atoms with Crippen LogP contribution in [0.15, 0.2) is 5.16 Å². The molecule has 20 heteroatoms. The summed E-state index contributed by atoms with van der Waals surface area (Å²) in [5.74, 6) is 0. The molecule has 340 valence electrons. The predicted molar refractivity (Wildman–Crippen MR) is 257 cm³/mol. The summed E-state index contributed by atoms with van der Waals surface area (Å²) >= 11 is 0. The van der Waals surface area contributed by atoms with E-state index in [1.165, 1.54) is 7.11 Å². The summed E-state index contributed by atoms with van der Waals surface area (Å²) in [5, 5.41) is 4.28. The number of oxime groups is 1. The molecule has 1 aliphatic rings. The molecule has 0 aliphatic carbocycles. The Morgan fingerprint density at radius 1 is 0.491 bits per heavy atom. The maximum Gasteiger partial charge on any atom is 0.186 e. The molecule has 0 aromatic rings. The Bertz CT molecular complexity index is 1210. The van der Waals surface area contributed by atoms with Crippen molar-refractivity contribution >= 4 is 72.8 Å². The first kappa shape index (κ1) is 55.8. The molecule has 57 heavy (non-hydrogen) atoms. The molecule has 0 radical (unpaired) electrons. The van der Waals surface area contributed by atoms with Gasteiger partial charge >= 0.3 is 0 Å². The van der Waals surface area contributed by atoms with Crippen LogP contribution in [0.1, 0.15) is 0 Å². The molecule has 0 N–H and O–H groups in total. The number of hydrogen-bond donors (Lipinski definition) is 0. The van der Waals surface area contributed by atoms with Crippen molar-refractivity contribution in [1.82, 2.24) is 0 Å². The second kappa shape index (κ2) is 21.5. The molecule has 1 heterocycles. The van der Waals surface area contributed by atoms with Gasteiger partial charge in [-0.15, -0.1) is 0 Å². The summed E-state index contributed by atoms with van der Waals surface area (Å²) in [5.41, 5.74) is 0. The lowest BCUT2D eigenvalue weighted by atomic mass is 9.98. The fraction of sp³-hybridized carbons (Fsp3) is 0.973. The Kier molecular flexibility index (Phi) is 21.0. The summed E-state index contributed by atoms with van der Waals surface area (Å²) in [4.78, 5) is 5.28. The van der Waals surface area contributed by atoms with E-state index < -0.39 is 122 Å². The fourth-order valence-electron chi connectivity index (χ4n) is 6.04. The molecule has 0 aromatic heterocycles. The molecule has 12 nitrogen and oxygen atoms in total. The summed E-state index contributed by atoms with van der Waals surface area (Å²) in [7, 11) is -15.9. The summed E-state index contributed by atoms with van der Waals surface area (Å²) in [6.07, 6.45) is -3.83. The van der Waals surface area contributed by atoms with Gasteiger partial charge in [-0.3, -0.25) is 0 Å². The molecule has 0 saturated carbocycles. The highest BCUT2D eigenvalue weighted by atomic mass is 28.4. The minimum Gasteiger partial charge on any atom is -0.415 e. The molecular weight excluding hydrogens is 859 g/mol. The number of ether oxygens (including phenoxy) is 2. The van der Waals surface area contributed by atoms with E-state index in [0.29, 0.717) is 13.2 Å². The lowest BCUT2D eigenvalue weighted by molar-refractivity contribution is -0.316. The maximum absolute atomic E-state index is 7.58.